The van der Waals surface area contributed by atoms with Crippen LogP contribution < -0.4 is 10.6 Å². The first-order chi connectivity index (χ1) is 12.3. The van der Waals surface area contributed by atoms with Crippen LogP contribution in [0.5, 0.6) is 0 Å². The van der Waals surface area contributed by atoms with Crippen molar-refractivity contribution in [1.29, 1.82) is 0 Å². The minimum atomic E-state index is -0.230. The molecule has 0 aliphatic heterocycles. The van der Waals surface area contributed by atoms with E-state index in [9.17, 15) is 4.79 Å². The summed E-state index contributed by atoms with van der Waals surface area (Å²) in [6.07, 6.45) is 10.3. The maximum atomic E-state index is 11.7. The van der Waals surface area contributed by atoms with Crippen molar-refractivity contribution in [2.45, 2.75) is 6.54 Å². The highest BCUT2D eigenvalue weighted by Crippen LogP contribution is 2.11. The molecule has 25 heavy (non-hydrogen) atoms. The Kier molecular flexibility index (Phi) is 5.07. The molecule has 0 aliphatic rings. The number of hydrogen-bond donors (Lipinski definition) is 2. The second-order valence-corrected chi connectivity index (χ2v) is 5.29. The van der Waals surface area contributed by atoms with E-state index in [1.165, 1.54) is 6.20 Å². The predicted octanol–water partition coefficient (Wildman–Crippen LogP) is 2.24. The Bertz CT molecular complexity index is 862. The van der Waals surface area contributed by atoms with Gasteiger partial charge in [-0.25, -0.2) is 9.67 Å². The molecule has 0 spiro atoms. The lowest BCUT2D eigenvalue weighted by atomic mass is 10.2. The zero-order valence-electron chi connectivity index (χ0n) is 13.5. The van der Waals surface area contributed by atoms with E-state index in [0.717, 1.165) is 11.3 Å². The number of nitrogens with zero attached hydrogens (tertiary/aromatic N) is 3. The fourth-order valence-corrected chi connectivity index (χ4v) is 2.25. The van der Waals surface area contributed by atoms with Crippen molar-refractivity contribution in [1.82, 2.24) is 20.1 Å². The number of nitrogens with one attached hydrogen (secondary N) is 2. The smallest absolute Gasteiger partial charge is 0.253 e. The van der Waals surface area contributed by atoms with Gasteiger partial charge in [-0.15, -0.1) is 6.42 Å². The normalized spacial score (nSPS) is 10.0. The third kappa shape index (κ3) is 4.24. The molecule has 0 atom stereocenters. The number of carbonyl (C=O) groups excluding carboxylic acids is 1. The van der Waals surface area contributed by atoms with Gasteiger partial charge in [0.25, 0.3) is 5.91 Å². The van der Waals surface area contributed by atoms with E-state index in [4.69, 9.17) is 6.42 Å². The summed E-state index contributed by atoms with van der Waals surface area (Å²) in [5.41, 5.74) is 2.60. The summed E-state index contributed by atoms with van der Waals surface area (Å²) in [5.74, 6) is 2.83. The number of carbonyl (C=O) groups is 1. The van der Waals surface area contributed by atoms with Gasteiger partial charge in [0.15, 0.2) is 0 Å². The number of aromatic nitrogens is 3. The number of hydrogen-bond acceptors (Lipinski definition) is 4. The minimum Gasteiger partial charge on any atom is -0.366 e. The predicted molar refractivity (Wildman–Crippen MR) is 96.3 cm³/mol. The third-order valence-electron chi connectivity index (χ3n) is 3.56. The molecule has 2 aromatic heterocycles. The summed E-state index contributed by atoms with van der Waals surface area (Å²) < 4.78 is 1.81. The molecule has 6 heteroatoms. The van der Waals surface area contributed by atoms with Crippen molar-refractivity contribution < 1.29 is 4.79 Å². The Hall–Kier alpha value is -3.59. The van der Waals surface area contributed by atoms with Crippen LogP contribution >= 0.6 is 0 Å². The molecule has 0 aliphatic carbocycles. The van der Waals surface area contributed by atoms with Crippen molar-refractivity contribution in [3.8, 4) is 18.0 Å². The highest BCUT2D eigenvalue weighted by molar-refractivity contribution is 5.94. The molecule has 2 heterocycles. The zero-order valence-corrected chi connectivity index (χ0v) is 13.5. The van der Waals surface area contributed by atoms with Crippen LogP contribution in [0.1, 0.15) is 15.9 Å². The lowest BCUT2D eigenvalue weighted by Crippen LogP contribution is -2.23. The standard InChI is InChI=1S/C19H17N5O/c1-2-10-20-19(25)16-6-9-18(22-14-16)21-13-15-4-7-17(8-5-15)24-12-3-11-23-24/h1,3-9,11-12,14H,10,13H2,(H,20,25)(H,21,22). The maximum absolute atomic E-state index is 11.7. The van der Waals surface area contributed by atoms with Crippen LogP contribution in [0.15, 0.2) is 61.1 Å². The van der Waals surface area contributed by atoms with Gasteiger partial charge in [-0.1, -0.05) is 18.1 Å². The van der Waals surface area contributed by atoms with Crippen molar-refractivity contribution >= 4 is 11.7 Å². The van der Waals surface area contributed by atoms with E-state index < -0.39 is 0 Å². The van der Waals surface area contributed by atoms with E-state index >= 15 is 0 Å². The Morgan fingerprint density at radius 1 is 1.20 bits per heavy atom. The molecule has 2 N–H and O–H groups in total. The molecule has 1 amide bonds. The Morgan fingerprint density at radius 3 is 2.68 bits per heavy atom. The molecule has 0 saturated heterocycles. The average molecular weight is 331 g/mol. The topological polar surface area (TPSA) is 71.8 Å². The molecular formula is C19H17N5O. The second-order valence-electron chi connectivity index (χ2n) is 5.29. The van der Waals surface area contributed by atoms with Gasteiger partial charge in [0.1, 0.15) is 5.82 Å². The van der Waals surface area contributed by atoms with Crippen LogP contribution in [0, 0.1) is 12.3 Å². The fraction of sp³-hybridized carbons (Fsp3) is 0.105. The first kappa shape index (κ1) is 16.3. The van der Waals surface area contributed by atoms with Crippen molar-refractivity contribution in [2.24, 2.45) is 0 Å². The molecular weight excluding hydrogens is 314 g/mol. The van der Waals surface area contributed by atoms with Crippen LogP contribution in [0.25, 0.3) is 5.69 Å². The van der Waals surface area contributed by atoms with Crippen LogP contribution in [0.2, 0.25) is 0 Å². The molecule has 0 radical (unpaired) electrons. The molecule has 124 valence electrons. The number of anilines is 1. The Balaban J connectivity index is 1.56. The van der Waals surface area contributed by atoms with Gasteiger partial charge in [-0.05, 0) is 35.9 Å². The van der Waals surface area contributed by atoms with Crippen LogP contribution in [0.4, 0.5) is 5.82 Å². The van der Waals surface area contributed by atoms with Gasteiger partial charge in [0.2, 0.25) is 0 Å². The minimum absolute atomic E-state index is 0.202. The number of rotatable bonds is 6. The van der Waals surface area contributed by atoms with E-state index in [2.05, 4.69) is 26.6 Å². The lowest BCUT2D eigenvalue weighted by Gasteiger charge is -2.08. The van der Waals surface area contributed by atoms with E-state index in [-0.39, 0.29) is 12.5 Å². The van der Waals surface area contributed by atoms with Crippen molar-refractivity contribution in [3.05, 3.63) is 72.2 Å². The number of terminal acetylenes is 1. The van der Waals surface area contributed by atoms with E-state index in [1.807, 2.05) is 41.2 Å². The second kappa shape index (κ2) is 7.79. The third-order valence-corrected chi connectivity index (χ3v) is 3.56. The zero-order chi connectivity index (χ0) is 17.5. The van der Waals surface area contributed by atoms with Crippen LogP contribution in [0.3, 0.4) is 0 Å². The van der Waals surface area contributed by atoms with Crippen LogP contribution in [-0.2, 0) is 6.54 Å². The summed E-state index contributed by atoms with van der Waals surface area (Å²) in [5, 5.41) is 10.0. The van der Waals surface area contributed by atoms with Gasteiger partial charge < -0.3 is 10.6 Å². The highest BCUT2D eigenvalue weighted by Gasteiger charge is 2.05. The van der Waals surface area contributed by atoms with Gasteiger partial charge in [-0.2, -0.15) is 5.10 Å². The van der Waals surface area contributed by atoms with Gasteiger partial charge in [0.05, 0.1) is 17.8 Å². The summed E-state index contributed by atoms with van der Waals surface area (Å²) in [4.78, 5) is 16.0. The van der Waals surface area contributed by atoms with Crippen molar-refractivity contribution in [3.63, 3.8) is 0 Å². The summed E-state index contributed by atoms with van der Waals surface area (Å²) in [6.45, 7) is 0.836. The molecule has 0 unspecified atom stereocenters. The van der Waals surface area contributed by atoms with E-state index in [0.29, 0.717) is 17.9 Å². The molecule has 0 bridgehead atoms. The Morgan fingerprint density at radius 2 is 2.04 bits per heavy atom. The summed E-state index contributed by atoms with van der Waals surface area (Å²) in [7, 11) is 0. The van der Waals surface area contributed by atoms with Gasteiger partial charge >= 0.3 is 0 Å². The highest BCUT2D eigenvalue weighted by atomic mass is 16.1. The quantitative estimate of drug-likeness (QED) is 0.680. The molecule has 1 aromatic carbocycles. The van der Waals surface area contributed by atoms with Gasteiger partial charge in [0, 0.05) is 25.1 Å². The molecule has 3 aromatic rings. The summed E-state index contributed by atoms with van der Waals surface area (Å²) in [6, 6.07) is 13.5. The summed E-state index contributed by atoms with van der Waals surface area (Å²) >= 11 is 0. The monoisotopic (exact) mass is 331 g/mol. The molecule has 0 saturated carbocycles. The molecule has 6 nitrogen and oxygen atoms in total. The maximum Gasteiger partial charge on any atom is 0.253 e. The van der Waals surface area contributed by atoms with E-state index in [1.54, 1.807) is 18.3 Å². The molecule has 0 fully saturated rings. The first-order valence-corrected chi connectivity index (χ1v) is 7.77. The van der Waals surface area contributed by atoms with Crippen LogP contribution in [-0.4, -0.2) is 27.2 Å². The number of pyridine rings is 1. The number of benzene rings is 1. The van der Waals surface area contributed by atoms with Crippen molar-refractivity contribution in [2.75, 3.05) is 11.9 Å². The Labute approximate surface area is 145 Å². The average Bonchev–Trinajstić information content (AvgIpc) is 3.20. The van der Waals surface area contributed by atoms with Gasteiger partial charge in [-0.3, -0.25) is 4.79 Å². The SMILES string of the molecule is C#CCNC(=O)c1ccc(NCc2ccc(-n3cccn3)cc2)nc1. The number of amides is 1. The fourth-order valence-electron chi connectivity index (χ4n) is 2.25. The lowest BCUT2D eigenvalue weighted by molar-refractivity contribution is 0.0958. The first-order valence-electron chi connectivity index (χ1n) is 7.77. The largest absolute Gasteiger partial charge is 0.366 e. The molecule has 3 rings (SSSR count).